The van der Waals surface area contributed by atoms with Crippen LogP contribution in [0.15, 0.2) is 23.1 Å². The number of sulfonamides is 1. The first-order valence-corrected chi connectivity index (χ1v) is 10.5. The summed E-state index contributed by atoms with van der Waals surface area (Å²) < 4.78 is 25.9. The third-order valence-electron chi connectivity index (χ3n) is 5.86. The zero-order valence-electron chi connectivity index (χ0n) is 14.9. The van der Waals surface area contributed by atoms with E-state index in [1.807, 2.05) is 0 Å². The molecule has 0 saturated carbocycles. The van der Waals surface area contributed by atoms with Crippen LogP contribution in [0.5, 0.6) is 0 Å². The number of nitrogens with zero attached hydrogens (tertiary/aromatic N) is 2. The van der Waals surface area contributed by atoms with Crippen molar-refractivity contribution in [2.75, 3.05) is 13.6 Å². The van der Waals surface area contributed by atoms with E-state index in [1.54, 1.807) is 24.9 Å². The first-order chi connectivity index (χ1) is 12.3. The molecular formula is C18H23N3O4S. The zero-order valence-corrected chi connectivity index (χ0v) is 15.8. The number of rotatable bonds is 3. The molecule has 1 N–H and O–H groups in total. The Balaban J connectivity index is 1.61. The van der Waals surface area contributed by atoms with Crippen LogP contribution in [0, 0.1) is 0 Å². The van der Waals surface area contributed by atoms with Gasteiger partial charge in [-0.15, -0.1) is 0 Å². The fourth-order valence-electron chi connectivity index (χ4n) is 4.43. The number of carbonyl (C=O) groups is 2. The Morgan fingerprint density at radius 1 is 1.27 bits per heavy atom. The second-order valence-electron chi connectivity index (χ2n) is 7.37. The Morgan fingerprint density at radius 2 is 1.92 bits per heavy atom. The van der Waals surface area contributed by atoms with Gasteiger partial charge in [0.05, 0.1) is 5.56 Å². The second kappa shape index (κ2) is 6.06. The molecule has 2 unspecified atom stereocenters. The maximum atomic E-state index is 12.9. The molecule has 140 valence electrons. The lowest BCUT2D eigenvalue weighted by molar-refractivity contribution is 0.0680. The molecule has 2 bridgehead atoms. The lowest BCUT2D eigenvalue weighted by Crippen LogP contribution is -2.48. The van der Waals surface area contributed by atoms with E-state index in [0.717, 1.165) is 30.0 Å². The van der Waals surface area contributed by atoms with E-state index in [1.165, 1.54) is 12.1 Å². The fourth-order valence-corrected chi connectivity index (χ4v) is 6.04. The molecule has 0 radical (unpaired) electrons. The Kier molecular flexibility index (Phi) is 4.07. The van der Waals surface area contributed by atoms with Gasteiger partial charge in [-0.2, -0.15) is 0 Å². The van der Waals surface area contributed by atoms with Gasteiger partial charge in [0.1, 0.15) is 4.90 Å². The highest BCUT2D eigenvalue weighted by atomic mass is 32.2. The van der Waals surface area contributed by atoms with Crippen LogP contribution in [-0.2, 0) is 10.0 Å². The number of hydrogen-bond acceptors (Lipinski definition) is 5. The first-order valence-electron chi connectivity index (χ1n) is 9.07. The molecule has 26 heavy (non-hydrogen) atoms. The summed E-state index contributed by atoms with van der Waals surface area (Å²) in [5.74, 6) is -0.721. The second-order valence-corrected chi connectivity index (χ2v) is 9.20. The lowest BCUT2D eigenvalue weighted by atomic mass is 9.98. The van der Waals surface area contributed by atoms with Crippen LogP contribution in [0.3, 0.4) is 0 Å². The van der Waals surface area contributed by atoms with Gasteiger partial charge in [-0.05, 0) is 50.8 Å². The summed E-state index contributed by atoms with van der Waals surface area (Å²) in [6, 6.07) is 5.44. The van der Waals surface area contributed by atoms with Crippen molar-refractivity contribution in [3.8, 4) is 0 Å². The predicted molar refractivity (Wildman–Crippen MR) is 95.4 cm³/mol. The van der Waals surface area contributed by atoms with E-state index in [9.17, 15) is 18.0 Å². The molecule has 2 atom stereocenters. The normalized spacial score (nSPS) is 28.9. The lowest BCUT2D eigenvalue weighted by Gasteiger charge is -2.35. The number of amides is 2. The number of hydrogen-bond donors (Lipinski definition) is 1. The third kappa shape index (κ3) is 2.54. The highest BCUT2D eigenvalue weighted by Gasteiger charge is 2.41. The quantitative estimate of drug-likeness (QED) is 0.856. The molecule has 1 aromatic rings. The van der Waals surface area contributed by atoms with Gasteiger partial charge in [0, 0.05) is 37.3 Å². The molecule has 1 aromatic carbocycles. The van der Waals surface area contributed by atoms with Crippen molar-refractivity contribution >= 4 is 21.8 Å². The van der Waals surface area contributed by atoms with E-state index in [2.05, 4.69) is 5.32 Å². The van der Waals surface area contributed by atoms with Crippen LogP contribution in [0.25, 0.3) is 0 Å². The maximum Gasteiger partial charge on any atom is 0.268 e. The molecule has 8 heteroatoms. The minimum absolute atomic E-state index is 0.0611. The van der Waals surface area contributed by atoms with Crippen molar-refractivity contribution in [2.45, 2.75) is 55.6 Å². The SMILES string of the molecule is CCN1C(=O)c2ccc(C(=O)N(C)C3CC4CCC(C3)N4)cc2S1(=O)=O. The van der Waals surface area contributed by atoms with Crippen molar-refractivity contribution in [3.63, 3.8) is 0 Å². The zero-order chi connectivity index (χ0) is 18.6. The number of carbonyl (C=O) groups excluding carboxylic acids is 2. The average molecular weight is 377 g/mol. The number of fused-ring (bicyclic) bond motifs is 3. The molecule has 3 heterocycles. The van der Waals surface area contributed by atoms with Crippen molar-refractivity contribution in [1.29, 1.82) is 0 Å². The Labute approximate surface area is 153 Å². The molecule has 0 spiro atoms. The number of nitrogens with one attached hydrogen (secondary N) is 1. The molecule has 7 nitrogen and oxygen atoms in total. The summed E-state index contributed by atoms with van der Waals surface area (Å²) in [6.07, 6.45) is 4.14. The highest BCUT2D eigenvalue weighted by Crippen LogP contribution is 2.33. The van der Waals surface area contributed by atoms with Gasteiger partial charge >= 0.3 is 0 Å². The third-order valence-corrected chi connectivity index (χ3v) is 7.75. The molecule has 3 aliphatic heterocycles. The maximum absolute atomic E-state index is 12.9. The smallest absolute Gasteiger partial charge is 0.268 e. The average Bonchev–Trinajstić information content (AvgIpc) is 3.06. The summed E-state index contributed by atoms with van der Waals surface area (Å²) >= 11 is 0. The van der Waals surface area contributed by atoms with E-state index >= 15 is 0 Å². The van der Waals surface area contributed by atoms with Crippen molar-refractivity contribution in [1.82, 2.24) is 14.5 Å². The van der Waals surface area contributed by atoms with Crippen LogP contribution in [0.2, 0.25) is 0 Å². The van der Waals surface area contributed by atoms with Crippen LogP contribution >= 0.6 is 0 Å². The monoisotopic (exact) mass is 377 g/mol. The Hall–Kier alpha value is -1.93. The van der Waals surface area contributed by atoms with Crippen LogP contribution in [-0.4, -0.2) is 61.2 Å². The summed E-state index contributed by atoms with van der Waals surface area (Å²) in [7, 11) is -2.08. The Bertz CT molecular complexity index is 870. The van der Waals surface area contributed by atoms with Gasteiger partial charge in [-0.25, -0.2) is 12.7 Å². The molecule has 0 aromatic heterocycles. The van der Waals surface area contributed by atoms with Gasteiger partial charge < -0.3 is 10.2 Å². The van der Waals surface area contributed by atoms with Gasteiger partial charge in [-0.3, -0.25) is 9.59 Å². The molecule has 3 aliphatic rings. The summed E-state index contributed by atoms with van der Waals surface area (Å²) in [6.45, 7) is 1.70. The summed E-state index contributed by atoms with van der Waals surface area (Å²) in [4.78, 5) is 26.8. The van der Waals surface area contributed by atoms with Crippen LogP contribution in [0.4, 0.5) is 0 Å². The van der Waals surface area contributed by atoms with Crippen molar-refractivity contribution < 1.29 is 18.0 Å². The molecule has 4 rings (SSSR count). The topological polar surface area (TPSA) is 86.8 Å². The minimum Gasteiger partial charge on any atom is -0.339 e. The highest BCUT2D eigenvalue weighted by molar-refractivity contribution is 7.90. The van der Waals surface area contributed by atoms with Gasteiger partial charge in [-0.1, -0.05) is 0 Å². The molecule has 2 amide bonds. The molecule has 2 fully saturated rings. The van der Waals surface area contributed by atoms with E-state index < -0.39 is 15.9 Å². The van der Waals surface area contributed by atoms with Gasteiger partial charge in [0.15, 0.2) is 0 Å². The van der Waals surface area contributed by atoms with Gasteiger partial charge in [0.25, 0.3) is 21.8 Å². The van der Waals surface area contributed by atoms with E-state index in [0.29, 0.717) is 17.6 Å². The number of piperidine rings is 1. The molecule has 2 saturated heterocycles. The standard InChI is InChI=1S/C18H23N3O4S/c1-3-21-18(23)15-7-4-11(8-16(15)26(21,24)25)17(22)20(2)14-9-12-5-6-13(10-14)19-12/h4,7-8,12-14,19H,3,5-6,9-10H2,1-2H3. The van der Waals surface area contributed by atoms with Crippen molar-refractivity contribution in [3.05, 3.63) is 29.3 Å². The van der Waals surface area contributed by atoms with E-state index in [4.69, 9.17) is 0 Å². The molecule has 0 aliphatic carbocycles. The Morgan fingerprint density at radius 3 is 2.54 bits per heavy atom. The minimum atomic E-state index is -3.86. The number of benzene rings is 1. The largest absolute Gasteiger partial charge is 0.339 e. The summed E-state index contributed by atoms with van der Waals surface area (Å²) in [5, 5.41) is 3.55. The van der Waals surface area contributed by atoms with Crippen LogP contribution < -0.4 is 5.32 Å². The van der Waals surface area contributed by atoms with Crippen molar-refractivity contribution in [2.24, 2.45) is 0 Å². The molecular weight excluding hydrogens is 354 g/mol. The predicted octanol–water partition coefficient (Wildman–Crippen LogP) is 1.21. The van der Waals surface area contributed by atoms with Crippen LogP contribution in [0.1, 0.15) is 53.3 Å². The van der Waals surface area contributed by atoms with E-state index in [-0.39, 0.29) is 29.0 Å². The van der Waals surface area contributed by atoms with Gasteiger partial charge in [0.2, 0.25) is 0 Å². The first kappa shape index (κ1) is 17.5. The summed E-state index contributed by atoms with van der Waals surface area (Å²) in [5.41, 5.74) is 0.456. The fraction of sp³-hybridized carbons (Fsp3) is 0.556.